The molecule has 0 aliphatic heterocycles. The van der Waals surface area contributed by atoms with Crippen molar-refractivity contribution in [3.8, 4) is 0 Å². The maximum atomic E-state index is 11.2. The summed E-state index contributed by atoms with van der Waals surface area (Å²) in [6, 6.07) is 0. The highest BCUT2D eigenvalue weighted by molar-refractivity contribution is 14.1. The summed E-state index contributed by atoms with van der Waals surface area (Å²) in [5.41, 5.74) is 0. The van der Waals surface area contributed by atoms with Crippen LogP contribution in [0.5, 0.6) is 0 Å². The number of carbonyl (C=O) groups is 1. The Bertz CT molecular complexity index is 170. The second-order valence-electron chi connectivity index (χ2n) is 3.57. The molecule has 13 heavy (non-hydrogen) atoms. The Morgan fingerprint density at radius 1 is 1.46 bits per heavy atom. The average Bonchev–Trinajstić information content (AvgIpc) is 2.09. The lowest BCUT2D eigenvalue weighted by Crippen LogP contribution is -2.23. The predicted octanol–water partition coefficient (Wildman–Crippen LogP) is 2.93. The van der Waals surface area contributed by atoms with Crippen molar-refractivity contribution in [2.75, 3.05) is 6.61 Å². The number of hydrogen-bond acceptors (Lipinski definition) is 2. The van der Waals surface area contributed by atoms with Gasteiger partial charge in [0.25, 0.3) is 0 Å². The second-order valence-corrected chi connectivity index (χ2v) is 5.17. The third-order valence-corrected chi connectivity index (χ3v) is 4.19. The lowest BCUT2D eigenvalue weighted by Gasteiger charge is -2.26. The second kappa shape index (κ2) is 5.83. The molecule has 0 amide bonds. The van der Waals surface area contributed by atoms with Crippen LogP contribution in [0.3, 0.4) is 0 Å². The van der Waals surface area contributed by atoms with Gasteiger partial charge >= 0.3 is 5.97 Å². The van der Waals surface area contributed by atoms with Gasteiger partial charge in [0, 0.05) is 10.3 Å². The van der Waals surface area contributed by atoms with Crippen LogP contribution >= 0.6 is 22.6 Å². The van der Waals surface area contributed by atoms with Gasteiger partial charge < -0.3 is 4.74 Å². The summed E-state index contributed by atoms with van der Waals surface area (Å²) in [5, 5.41) is 0. The molecule has 0 heterocycles. The average molecular weight is 296 g/mol. The number of halogens is 1. The lowest BCUT2D eigenvalue weighted by molar-refractivity contribution is -0.144. The minimum Gasteiger partial charge on any atom is -0.466 e. The quantitative estimate of drug-likeness (QED) is 0.455. The van der Waals surface area contributed by atoms with Gasteiger partial charge in [-0.3, -0.25) is 4.79 Å². The summed E-state index contributed by atoms with van der Waals surface area (Å²) < 4.78 is 5.63. The van der Waals surface area contributed by atoms with Gasteiger partial charge in [-0.1, -0.05) is 35.4 Å². The zero-order chi connectivity index (χ0) is 9.68. The van der Waals surface area contributed by atoms with Crippen LogP contribution < -0.4 is 0 Å². The highest BCUT2D eigenvalue weighted by Gasteiger charge is 2.25. The summed E-state index contributed by atoms with van der Waals surface area (Å²) in [4.78, 5) is 11.2. The SMILES string of the molecule is CCOC(=O)CC1CCCCC1I. The maximum absolute atomic E-state index is 11.2. The molecule has 1 aliphatic carbocycles. The molecule has 2 unspecified atom stereocenters. The van der Waals surface area contributed by atoms with Crippen LogP contribution in [0.1, 0.15) is 39.0 Å². The fourth-order valence-corrected chi connectivity index (χ4v) is 2.88. The molecule has 0 saturated heterocycles. The molecule has 0 spiro atoms. The topological polar surface area (TPSA) is 26.3 Å². The van der Waals surface area contributed by atoms with Crippen molar-refractivity contribution in [3.05, 3.63) is 0 Å². The van der Waals surface area contributed by atoms with E-state index in [9.17, 15) is 4.79 Å². The first kappa shape index (κ1) is 11.3. The van der Waals surface area contributed by atoms with E-state index in [2.05, 4.69) is 22.6 Å². The first-order valence-corrected chi connectivity index (χ1v) is 6.28. The van der Waals surface area contributed by atoms with Crippen molar-refractivity contribution >= 4 is 28.6 Å². The third kappa shape index (κ3) is 3.83. The Morgan fingerprint density at radius 2 is 2.15 bits per heavy atom. The van der Waals surface area contributed by atoms with Crippen LogP contribution in [0, 0.1) is 5.92 Å². The van der Waals surface area contributed by atoms with E-state index < -0.39 is 0 Å². The van der Waals surface area contributed by atoms with Crippen molar-refractivity contribution in [3.63, 3.8) is 0 Å². The van der Waals surface area contributed by atoms with Crippen molar-refractivity contribution in [1.82, 2.24) is 0 Å². The molecule has 0 aromatic carbocycles. The molecule has 0 radical (unpaired) electrons. The summed E-state index contributed by atoms with van der Waals surface area (Å²) in [5.74, 6) is 0.546. The summed E-state index contributed by atoms with van der Waals surface area (Å²) in [7, 11) is 0. The molecule has 1 rings (SSSR count). The van der Waals surface area contributed by atoms with Crippen LogP contribution in [0.2, 0.25) is 0 Å². The van der Waals surface area contributed by atoms with E-state index >= 15 is 0 Å². The standard InChI is InChI=1S/C10H17IO2/c1-2-13-10(12)7-8-5-3-4-6-9(8)11/h8-9H,2-7H2,1H3. The summed E-state index contributed by atoms with van der Waals surface area (Å²) >= 11 is 2.47. The Kier molecular flexibility index (Phi) is 5.06. The Balaban J connectivity index is 2.29. The van der Waals surface area contributed by atoms with Gasteiger partial charge in [-0.05, 0) is 25.7 Å². The molecule has 0 aromatic heterocycles. The van der Waals surface area contributed by atoms with Gasteiger partial charge in [0.15, 0.2) is 0 Å². The first-order valence-electron chi connectivity index (χ1n) is 5.03. The van der Waals surface area contributed by atoms with E-state index in [0.29, 0.717) is 22.9 Å². The third-order valence-electron chi connectivity index (χ3n) is 2.55. The molecule has 1 saturated carbocycles. The Labute approximate surface area is 93.6 Å². The normalized spacial score (nSPS) is 28.5. The van der Waals surface area contributed by atoms with Crippen molar-refractivity contribution in [1.29, 1.82) is 0 Å². The van der Waals surface area contributed by atoms with Gasteiger partial charge in [-0.25, -0.2) is 0 Å². The molecule has 2 nitrogen and oxygen atoms in total. The Morgan fingerprint density at radius 3 is 2.77 bits per heavy atom. The van der Waals surface area contributed by atoms with Crippen molar-refractivity contribution in [2.45, 2.75) is 43.0 Å². The molecule has 0 bridgehead atoms. The number of rotatable bonds is 3. The molecule has 3 heteroatoms. The van der Waals surface area contributed by atoms with Gasteiger partial charge in [-0.2, -0.15) is 0 Å². The first-order chi connectivity index (χ1) is 6.24. The van der Waals surface area contributed by atoms with Crippen LogP contribution in [0.25, 0.3) is 0 Å². The molecule has 1 fully saturated rings. The van der Waals surface area contributed by atoms with Crippen molar-refractivity contribution < 1.29 is 9.53 Å². The number of ether oxygens (including phenoxy) is 1. The van der Waals surface area contributed by atoms with Crippen LogP contribution in [0.15, 0.2) is 0 Å². The zero-order valence-corrected chi connectivity index (χ0v) is 10.2. The van der Waals surface area contributed by atoms with Crippen LogP contribution in [0.4, 0.5) is 0 Å². The maximum Gasteiger partial charge on any atom is 0.306 e. The molecule has 0 N–H and O–H groups in total. The van der Waals surface area contributed by atoms with E-state index in [1.54, 1.807) is 0 Å². The van der Waals surface area contributed by atoms with Gasteiger partial charge in [0.2, 0.25) is 0 Å². The van der Waals surface area contributed by atoms with Gasteiger partial charge in [-0.15, -0.1) is 0 Å². The van der Waals surface area contributed by atoms with E-state index in [1.165, 1.54) is 25.7 Å². The molecule has 0 aromatic rings. The van der Waals surface area contributed by atoms with E-state index in [-0.39, 0.29) is 5.97 Å². The number of hydrogen-bond donors (Lipinski definition) is 0. The predicted molar refractivity (Wildman–Crippen MR) is 61.0 cm³/mol. The molecular weight excluding hydrogens is 279 g/mol. The van der Waals surface area contributed by atoms with Crippen LogP contribution in [-0.2, 0) is 9.53 Å². The van der Waals surface area contributed by atoms with E-state index in [1.807, 2.05) is 6.92 Å². The Hall–Kier alpha value is 0.200. The smallest absolute Gasteiger partial charge is 0.306 e. The number of alkyl halides is 1. The molecule has 76 valence electrons. The molecular formula is C10H17IO2. The van der Waals surface area contributed by atoms with Crippen LogP contribution in [-0.4, -0.2) is 16.5 Å². The highest BCUT2D eigenvalue weighted by atomic mass is 127. The van der Waals surface area contributed by atoms with E-state index in [0.717, 1.165) is 0 Å². The van der Waals surface area contributed by atoms with Gasteiger partial charge in [0.1, 0.15) is 0 Å². The number of carbonyl (C=O) groups excluding carboxylic acids is 1. The zero-order valence-electron chi connectivity index (χ0n) is 8.09. The fraction of sp³-hybridized carbons (Fsp3) is 0.900. The minimum absolute atomic E-state index is 0.0175. The number of esters is 1. The minimum atomic E-state index is -0.0175. The highest BCUT2D eigenvalue weighted by Crippen LogP contribution is 2.32. The van der Waals surface area contributed by atoms with Crippen molar-refractivity contribution in [2.24, 2.45) is 5.92 Å². The summed E-state index contributed by atoms with van der Waals surface area (Å²) in [6.07, 6.45) is 5.70. The van der Waals surface area contributed by atoms with Gasteiger partial charge in [0.05, 0.1) is 6.61 Å². The monoisotopic (exact) mass is 296 g/mol. The summed E-state index contributed by atoms with van der Waals surface area (Å²) in [6.45, 7) is 2.37. The lowest BCUT2D eigenvalue weighted by atomic mass is 9.87. The van der Waals surface area contributed by atoms with E-state index in [4.69, 9.17) is 4.74 Å². The molecule has 1 aliphatic rings. The fourth-order valence-electron chi connectivity index (χ4n) is 1.83. The largest absolute Gasteiger partial charge is 0.466 e. The molecule has 2 atom stereocenters.